The molecule has 0 saturated carbocycles. The lowest BCUT2D eigenvalue weighted by Gasteiger charge is -2.07. The van der Waals surface area contributed by atoms with E-state index in [4.69, 9.17) is 16.3 Å². The second-order valence-electron chi connectivity index (χ2n) is 3.92. The molecule has 2 aromatic rings. The molecule has 104 valence electrons. The highest BCUT2D eigenvalue weighted by Crippen LogP contribution is 2.31. The van der Waals surface area contributed by atoms with Gasteiger partial charge < -0.3 is 4.74 Å². The van der Waals surface area contributed by atoms with Gasteiger partial charge in [0.15, 0.2) is 0 Å². The summed E-state index contributed by atoms with van der Waals surface area (Å²) in [4.78, 5) is 13.9. The van der Waals surface area contributed by atoms with Crippen LogP contribution in [-0.4, -0.2) is 12.6 Å². The molecule has 2 nitrogen and oxygen atoms in total. The number of benzene rings is 2. The van der Waals surface area contributed by atoms with Crippen LogP contribution in [-0.2, 0) is 4.74 Å². The maximum Gasteiger partial charge on any atom is 0.339 e. The molecule has 0 unspecified atom stereocenters. The van der Waals surface area contributed by atoms with Crippen LogP contribution in [0.1, 0.15) is 17.3 Å². The van der Waals surface area contributed by atoms with Crippen LogP contribution in [0.25, 0.3) is 0 Å². The van der Waals surface area contributed by atoms with Crippen molar-refractivity contribution in [1.29, 1.82) is 0 Å². The van der Waals surface area contributed by atoms with Crippen LogP contribution in [0.15, 0.2) is 56.7 Å². The zero-order valence-corrected chi connectivity index (χ0v) is 13.9. The smallest absolute Gasteiger partial charge is 0.339 e. The van der Waals surface area contributed by atoms with Crippen LogP contribution in [0.2, 0.25) is 5.02 Å². The Morgan fingerprint density at radius 3 is 2.50 bits per heavy atom. The average Bonchev–Trinajstić information content (AvgIpc) is 2.43. The normalized spacial score (nSPS) is 10.3. The second-order valence-corrected chi connectivity index (χ2v) is 6.36. The molecule has 2 aromatic carbocycles. The van der Waals surface area contributed by atoms with Crippen molar-refractivity contribution in [2.24, 2.45) is 0 Å². The minimum Gasteiger partial charge on any atom is -0.462 e. The summed E-state index contributed by atoms with van der Waals surface area (Å²) in [5.41, 5.74) is 0.533. The van der Waals surface area contributed by atoms with Gasteiger partial charge in [0.1, 0.15) is 0 Å². The molecule has 0 aromatic heterocycles. The van der Waals surface area contributed by atoms with Gasteiger partial charge in [-0.1, -0.05) is 23.4 Å². The van der Waals surface area contributed by atoms with Gasteiger partial charge in [-0.3, -0.25) is 0 Å². The number of carbonyl (C=O) groups excluding carboxylic acids is 1. The van der Waals surface area contributed by atoms with Crippen molar-refractivity contribution in [2.75, 3.05) is 6.61 Å². The first kappa shape index (κ1) is 15.4. The van der Waals surface area contributed by atoms with Gasteiger partial charge in [-0.15, -0.1) is 0 Å². The molecule has 0 heterocycles. The van der Waals surface area contributed by atoms with Crippen molar-refractivity contribution in [3.05, 3.63) is 57.5 Å². The number of hydrogen-bond donors (Lipinski definition) is 0. The number of esters is 1. The maximum absolute atomic E-state index is 11.8. The number of hydrogen-bond acceptors (Lipinski definition) is 3. The van der Waals surface area contributed by atoms with E-state index in [1.165, 1.54) is 0 Å². The molecule has 0 spiro atoms. The van der Waals surface area contributed by atoms with Gasteiger partial charge in [0, 0.05) is 19.3 Å². The molecule has 2 rings (SSSR count). The third-order valence-electron chi connectivity index (χ3n) is 2.48. The maximum atomic E-state index is 11.8. The Morgan fingerprint density at radius 2 is 1.85 bits per heavy atom. The number of rotatable bonds is 4. The fraction of sp³-hybridized carbons (Fsp3) is 0.133. The van der Waals surface area contributed by atoms with Crippen LogP contribution in [0.5, 0.6) is 0 Å². The van der Waals surface area contributed by atoms with Crippen molar-refractivity contribution in [3.63, 3.8) is 0 Å². The molecule has 0 saturated heterocycles. The van der Waals surface area contributed by atoms with E-state index < -0.39 is 0 Å². The molecule has 0 N–H and O–H groups in total. The number of halogens is 2. The highest BCUT2D eigenvalue weighted by molar-refractivity contribution is 9.10. The van der Waals surface area contributed by atoms with E-state index >= 15 is 0 Å². The number of carbonyl (C=O) groups is 1. The monoisotopic (exact) mass is 370 g/mol. The van der Waals surface area contributed by atoms with E-state index in [1.807, 2.05) is 42.5 Å². The minimum absolute atomic E-state index is 0.321. The Kier molecular flexibility index (Phi) is 5.52. The van der Waals surface area contributed by atoms with E-state index in [-0.39, 0.29) is 5.97 Å². The van der Waals surface area contributed by atoms with Crippen molar-refractivity contribution in [2.45, 2.75) is 16.7 Å². The van der Waals surface area contributed by atoms with Crippen molar-refractivity contribution in [3.8, 4) is 0 Å². The van der Waals surface area contributed by atoms with E-state index in [9.17, 15) is 4.79 Å². The standard InChI is InChI=1S/C15H12BrClO2S/c1-2-19-15(18)13-9-12(7-8-14(13)16)20-11-5-3-10(17)4-6-11/h3-9H,2H2,1H3. The van der Waals surface area contributed by atoms with Gasteiger partial charge in [-0.2, -0.15) is 0 Å². The molecule has 0 aliphatic heterocycles. The molecule has 0 amide bonds. The highest BCUT2D eigenvalue weighted by atomic mass is 79.9. The third kappa shape index (κ3) is 4.01. The lowest BCUT2D eigenvalue weighted by atomic mass is 10.2. The molecule has 0 aliphatic rings. The largest absolute Gasteiger partial charge is 0.462 e. The Labute approximate surface area is 135 Å². The summed E-state index contributed by atoms with van der Waals surface area (Å²) in [6, 6.07) is 13.2. The van der Waals surface area contributed by atoms with Gasteiger partial charge in [0.25, 0.3) is 0 Å². The van der Waals surface area contributed by atoms with E-state index in [0.717, 1.165) is 14.3 Å². The molecule has 0 fully saturated rings. The van der Waals surface area contributed by atoms with Gasteiger partial charge in [0.2, 0.25) is 0 Å². The predicted molar refractivity (Wildman–Crippen MR) is 85.7 cm³/mol. The second kappa shape index (κ2) is 7.16. The topological polar surface area (TPSA) is 26.3 Å². The van der Waals surface area contributed by atoms with Crippen LogP contribution in [0.3, 0.4) is 0 Å². The van der Waals surface area contributed by atoms with Crippen LogP contribution in [0.4, 0.5) is 0 Å². The highest BCUT2D eigenvalue weighted by Gasteiger charge is 2.12. The van der Waals surface area contributed by atoms with Crippen molar-refractivity contribution in [1.82, 2.24) is 0 Å². The predicted octanol–water partition coefficient (Wildman–Crippen LogP) is 5.43. The van der Waals surface area contributed by atoms with Crippen LogP contribution >= 0.6 is 39.3 Å². The average molecular weight is 372 g/mol. The fourth-order valence-corrected chi connectivity index (χ4v) is 2.96. The summed E-state index contributed by atoms with van der Waals surface area (Å²) in [5, 5.41) is 0.706. The van der Waals surface area contributed by atoms with Gasteiger partial charge in [0.05, 0.1) is 12.2 Å². The summed E-state index contributed by atoms with van der Waals surface area (Å²) < 4.78 is 5.77. The Balaban J connectivity index is 2.22. The first-order chi connectivity index (χ1) is 9.60. The zero-order chi connectivity index (χ0) is 14.5. The molecule has 0 atom stereocenters. The molecular formula is C15H12BrClO2S. The lowest BCUT2D eigenvalue weighted by Crippen LogP contribution is -2.05. The van der Waals surface area contributed by atoms with Crippen molar-refractivity contribution >= 4 is 45.3 Å². The molecule has 0 aliphatic carbocycles. The van der Waals surface area contributed by atoms with Crippen LogP contribution in [0, 0.1) is 0 Å². The third-order valence-corrected chi connectivity index (χ3v) is 4.42. The molecule has 0 bridgehead atoms. The Bertz CT molecular complexity index is 614. The molecular weight excluding hydrogens is 360 g/mol. The number of ether oxygens (including phenoxy) is 1. The fourth-order valence-electron chi connectivity index (χ4n) is 1.57. The molecule has 0 radical (unpaired) electrons. The van der Waals surface area contributed by atoms with E-state index in [1.54, 1.807) is 18.7 Å². The summed E-state index contributed by atoms with van der Waals surface area (Å²) in [5.74, 6) is -0.321. The lowest BCUT2D eigenvalue weighted by molar-refractivity contribution is 0.0525. The summed E-state index contributed by atoms with van der Waals surface area (Å²) in [6.07, 6.45) is 0. The van der Waals surface area contributed by atoms with Gasteiger partial charge >= 0.3 is 5.97 Å². The Morgan fingerprint density at radius 1 is 1.20 bits per heavy atom. The minimum atomic E-state index is -0.321. The summed E-state index contributed by atoms with van der Waals surface area (Å²) >= 11 is 10.8. The van der Waals surface area contributed by atoms with Crippen molar-refractivity contribution < 1.29 is 9.53 Å². The zero-order valence-electron chi connectivity index (χ0n) is 10.7. The quantitative estimate of drug-likeness (QED) is 0.670. The van der Waals surface area contributed by atoms with Crippen LogP contribution < -0.4 is 0 Å². The first-order valence-electron chi connectivity index (χ1n) is 6.00. The molecule has 5 heteroatoms. The summed E-state index contributed by atoms with van der Waals surface area (Å²) in [7, 11) is 0. The summed E-state index contributed by atoms with van der Waals surface area (Å²) in [6.45, 7) is 2.15. The van der Waals surface area contributed by atoms with E-state index in [2.05, 4.69) is 15.9 Å². The first-order valence-corrected chi connectivity index (χ1v) is 7.99. The Hall–Kier alpha value is -0.970. The van der Waals surface area contributed by atoms with Gasteiger partial charge in [-0.25, -0.2) is 4.79 Å². The van der Waals surface area contributed by atoms with Gasteiger partial charge in [-0.05, 0) is 65.3 Å². The SMILES string of the molecule is CCOC(=O)c1cc(Sc2ccc(Cl)cc2)ccc1Br. The van der Waals surface area contributed by atoms with E-state index in [0.29, 0.717) is 17.2 Å². The molecule has 20 heavy (non-hydrogen) atoms.